The van der Waals surface area contributed by atoms with Crippen molar-refractivity contribution in [2.24, 2.45) is 5.73 Å². The zero-order chi connectivity index (χ0) is 13.2. The number of alkyl halides is 1. The first-order chi connectivity index (χ1) is 7.82. The molecule has 1 unspecified atom stereocenters. The van der Waals surface area contributed by atoms with E-state index in [1.807, 2.05) is 0 Å². The molecule has 1 amide bonds. The maximum atomic E-state index is 10.8. The Kier molecular flexibility index (Phi) is 4.56. The molecule has 1 aromatic carbocycles. The molecule has 0 bridgehead atoms. The van der Waals surface area contributed by atoms with Crippen molar-refractivity contribution in [1.29, 1.82) is 0 Å². The first kappa shape index (κ1) is 14.0. The minimum atomic E-state index is -1.06. The first-order valence-corrected chi connectivity index (χ1v) is 5.58. The number of carbonyl (C=O) groups is 1. The monoisotopic (exact) mass is 296 g/mol. The molecule has 0 spiro atoms. The molecule has 0 aliphatic rings. The molecular formula is C9H7Cl3N2O3. The van der Waals surface area contributed by atoms with Crippen LogP contribution in [0.4, 0.5) is 5.69 Å². The van der Waals surface area contributed by atoms with Crippen LogP contribution in [-0.2, 0) is 11.2 Å². The van der Waals surface area contributed by atoms with Crippen molar-refractivity contribution in [3.8, 4) is 0 Å². The zero-order valence-corrected chi connectivity index (χ0v) is 10.6. The summed E-state index contributed by atoms with van der Waals surface area (Å²) >= 11 is 17.1. The molecule has 0 heterocycles. The number of benzene rings is 1. The van der Waals surface area contributed by atoms with Crippen molar-refractivity contribution in [3.63, 3.8) is 0 Å². The molecule has 1 atom stereocenters. The highest BCUT2D eigenvalue weighted by molar-refractivity contribution is 6.36. The van der Waals surface area contributed by atoms with Crippen LogP contribution in [-0.4, -0.2) is 16.2 Å². The van der Waals surface area contributed by atoms with Crippen molar-refractivity contribution < 1.29 is 9.72 Å². The Labute approximate surface area is 112 Å². The number of hydrogen-bond donors (Lipinski definition) is 1. The largest absolute Gasteiger partial charge is 0.368 e. The van der Waals surface area contributed by atoms with Crippen LogP contribution in [0.3, 0.4) is 0 Å². The average Bonchev–Trinajstić information content (AvgIpc) is 2.20. The van der Waals surface area contributed by atoms with Gasteiger partial charge >= 0.3 is 0 Å². The van der Waals surface area contributed by atoms with Crippen LogP contribution >= 0.6 is 34.8 Å². The lowest BCUT2D eigenvalue weighted by atomic mass is 10.1. The maximum absolute atomic E-state index is 10.8. The van der Waals surface area contributed by atoms with Crippen LogP contribution in [0.25, 0.3) is 0 Å². The molecule has 0 radical (unpaired) electrons. The molecule has 8 heteroatoms. The lowest BCUT2D eigenvalue weighted by Gasteiger charge is -2.08. The van der Waals surface area contributed by atoms with Gasteiger partial charge in [-0.1, -0.05) is 23.2 Å². The fourth-order valence-electron chi connectivity index (χ4n) is 1.23. The molecule has 0 saturated carbocycles. The van der Waals surface area contributed by atoms with Gasteiger partial charge in [0.15, 0.2) is 0 Å². The van der Waals surface area contributed by atoms with Gasteiger partial charge in [-0.25, -0.2) is 0 Å². The number of nitrogens with zero attached hydrogens (tertiary/aromatic N) is 1. The number of nitro groups is 1. The van der Waals surface area contributed by atoms with Crippen molar-refractivity contribution in [2.45, 2.75) is 11.8 Å². The second kappa shape index (κ2) is 5.53. The Morgan fingerprint density at radius 3 is 2.53 bits per heavy atom. The van der Waals surface area contributed by atoms with Gasteiger partial charge in [-0.3, -0.25) is 14.9 Å². The summed E-state index contributed by atoms with van der Waals surface area (Å²) in [6.45, 7) is 0. The molecule has 5 nitrogen and oxygen atoms in total. The predicted molar refractivity (Wildman–Crippen MR) is 65.7 cm³/mol. The molecule has 92 valence electrons. The van der Waals surface area contributed by atoms with Gasteiger partial charge < -0.3 is 5.73 Å². The van der Waals surface area contributed by atoms with Gasteiger partial charge in [0.25, 0.3) is 5.69 Å². The van der Waals surface area contributed by atoms with E-state index in [2.05, 4.69) is 0 Å². The molecule has 0 aliphatic carbocycles. The fourth-order valence-corrected chi connectivity index (χ4v) is 1.95. The summed E-state index contributed by atoms with van der Waals surface area (Å²) in [5, 5.41) is 9.96. The third-order valence-electron chi connectivity index (χ3n) is 2.03. The minimum Gasteiger partial charge on any atom is -0.368 e. The van der Waals surface area contributed by atoms with E-state index < -0.39 is 16.2 Å². The number of amides is 1. The SMILES string of the molecule is NC(=O)C(Cl)Cc1c(Cl)cc(Cl)cc1[N+](=O)[O-]. The van der Waals surface area contributed by atoms with Crippen LogP contribution in [0, 0.1) is 10.1 Å². The molecule has 0 saturated heterocycles. The fraction of sp³-hybridized carbons (Fsp3) is 0.222. The summed E-state index contributed by atoms with van der Waals surface area (Å²) < 4.78 is 0. The van der Waals surface area contributed by atoms with E-state index in [0.29, 0.717) is 0 Å². The zero-order valence-electron chi connectivity index (χ0n) is 8.32. The highest BCUT2D eigenvalue weighted by Gasteiger charge is 2.23. The molecule has 17 heavy (non-hydrogen) atoms. The second-order valence-electron chi connectivity index (χ2n) is 3.22. The molecule has 1 aromatic rings. The van der Waals surface area contributed by atoms with E-state index in [9.17, 15) is 14.9 Å². The predicted octanol–water partition coefficient (Wildman–Crippen LogP) is 2.54. The summed E-state index contributed by atoms with van der Waals surface area (Å²) in [6.07, 6.45) is -0.122. The molecule has 0 aromatic heterocycles. The van der Waals surface area contributed by atoms with Crippen LogP contribution < -0.4 is 5.73 Å². The van der Waals surface area contributed by atoms with Crippen LogP contribution in [0.15, 0.2) is 12.1 Å². The molecular weight excluding hydrogens is 290 g/mol. The lowest BCUT2D eigenvalue weighted by Crippen LogP contribution is -2.25. The van der Waals surface area contributed by atoms with Crippen LogP contribution in [0.5, 0.6) is 0 Å². The molecule has 2 N–H and O–H groups in total. The number of nitro benzene ring substituents is 1. The van der Waals surface area contributed by atoms with Crippen molar-refractivity contribution >= 4 is 46.4 Å². The van der Waals surface area contributed by atoms with Gasteiger partial charge in [0, 0.05) is 17.5 Å². The number of rotatable bonds is 4. The number of halogens is 3. The average molecular weight is 298 g/mol. The van der Waals surface area contributed by atoms with E-state index in [1.165, 1.54) is 6.07 Å². The third-order valence-corrected chi connectivity index (χ3v) is 2.95. The molecule has 1 rings (SSSR count). The van der Waals surface area contributed by atoms with Crippen LogP contribution in [0.2, 0.25) is 10.0 Å². The number of hydrogen-bond acceptors (Lipinski definition) is 3. The van der Waals surface area contributed by atoms with Gasteiger partial charge in [0.05, 0.1) is 15.5 Å². The lowest BCUT2D eigenvalue weighted by molar-refractivity contribution is -0.385. The summed E-state index contributed by atoms with van der Waals surface area (Å²) in [7, 11) is 0. The van der Waals surface area contributed by atoms with E-state index in [-0.39, 0.29) is 27.7 Å². The third kappa shape index (κ3) is 3.46. The minimum absolute atomic E-state index is 0.0797. The smallest absolute Gasteiger partial charge is 0.275 e. The van der Waals surface area contributed by atoms with E-state index in [0.717, 1.165) is 6.07 Å². The Morgan fingerprint density at radius 1 is 1.47 bits per heavy atom. The van der Waals surface area contributed by atoms with Gasteiger partial charge in [0.1, 0.15) is 5.38 Å². The maximum Gasteiger partial charge on any atom is 0.275 e. The highest BCUT2D eigenvalue weighted by Crippen LogP contribution is 2.32. The topological polar surface area (TPSA) is 86.2 Å². The van der Waals surface area contributed by atoms with Gasteiger partial charge in [0.2, 0.25) is 5.91 Å². The summed E-state index contributed by atoms with van der Waals surface area (Å²) in [6, 6.07) is 2.49. The normalized spacial score (nSPS) is 12.2. The Hall–Kier alpha value is -1.04. The van der Waals surface area contributed by atoms with Crippen molar-refractivity contribution in [2.75, 3.05) is 0 Å². The van der Waals surface area contributed by atoms with Gasteiger partial charge in [-0.05, 0) is 6.07 Å². The van der Waals surface area contributed by atoms with E-state index in [4.69, 9.17) is 40.5 Å². The van der Waals surface area contributed by atoms with E-state index in [1.54, 1.807) is 0 Å². The first-order valence-electron chi connectivity index (χ1n) is 4.38. The van der Waals surface area contributed by atoms with Gasteiger partial charge in [-0.15, -0.1) is 11.6 Å². The van der Waals surface area contributed by atoms with Crippen molar-refractivity contribution in [1.82, 2.24) is 0 Å². The number of nitrogens with two attached hydrogens (primary N) is 1. The van der Waals surface area contributed by atoms with Crippen LogP contribution in [0.1, 0.15) is 5.56 Å². The summed E-state index contributed by atoms with van der Waals surface area (Å²) in [5.74, 6) is -0.771. The number of carbonyl (C=O) groups excluding carboxylic acids is 1. The standard InChI is InChI=1S/C9H7Cl3N2O3/c10-4-1-6(11)5(3-7(12)9(13)15)8(2-4)14(16)17/h1-2,7H,3H2,(H2,13,15). The Morgan fingerprint density at radius 2 is 2.06 bits per heavy atom. The summed E-state index contributed by atoms with van der Waals surface area (Å²) in [4.78, 5) is 21.0. The number of primary amides is 1. The Bertz CT molecular complexity index is 479. The molecule has 0 aliphatic heterocycles. The van der Waals surface area contributed by atoms with Gasteiger partial charge in [-0.2, -0.15) is 0 Å². The van der Waals surface area contributed by atoms with E-state index >= 15 is 0 Å². The molecule has 0 fully saturated rings. The highest BCUT2D eigenvalue weighted by atomic mass is 35.5. The van der Waals surface area contributed by atoms with Crippen molar-refractivity contribution in [3.05, 3.63) is 37.9 Å². The quantitative estimate of drug-likeness (QED) is 0.526. The second-order valence-corrected chi connectivity index (χ2v) is 4.59. The summed E-state index contributed by atoms with van der Waals surface area (Å²) in [5.41, 5.74) is 4.84. The Balaban J connectivity index is 3.21.